The summed E-state index contributed by atoms with van der Waals surface area (Å²) in [5.41, 5.74) is 2.42. The van der Waals surface area contributed by atoms with Crippen LogP contribution in [0.2, 0.25) is 0 Å². The highest BCUT2D eigenvalue weighted by Gasteiger charge is 2.28. The van der Waals surface area contributed by atoms with Crippen LogP contribution in [0.4, 0.5) is 0 Å². The van der Waals surface area contributed by atoms with Crippen LogP contribution in [-0.4, -0.2) is 20.8 Å². The highest BCUT2D eigenvalue weighted by Crippen LogP contribution is 2.38. The van der Waals surface area contributed by atoms with E-state index in [0.29, 0.717) is 12.0 Å². The van der Waals surface area contributed by atoms with E-state index in [9.17, 15) is 4.79 Å². The fraction of sp³-hybridized carbons (Fsp3) is 0.526. The predicted octanol–water partition coefficient (Wildman–Crippen LogP) is 2.79. The molecule has 2 aromatic rings. The molecule has 24 heavy (non-hydrogen) atoms. The molecule has 2 aliphatic rings. The topological polar surface area (TPSA) is 59.8 Å². The molecule has 1 N–H and O–H groups in total. The van der Waals surface area contributed by atoms with Gasteiger partial charge in [0.15, 0.2) is 0 Å². The third-order valence-corrected chi connectivity index (χ3v) is 5.23. The van der Waals surface area contributed by atoms with Crippen LogP contribution in [0.25, 0.3) is 0 Å². The van der Waals surface area contributed by atoms with Gasteiger partial charge in [-0.3, -0.25) is 9.78 Å². The monoisotopic (exact) mass is 324 g/mol. The summed E-state index contributed by atoms with van der Waals surface area (Å²) in [6, 6.07) is 8.50. The molecule has 0 bridgehead atoms. The van der Waals surface area contributed by atoms with E-state index in [4.69, 9.17) is 0 Å². The summed E-state index contributed by atoms with van der Waals surface area (Å²) in [6.07, 6.45) is 10.3. The van der Waals surface area contributed by atoms with Gasteiger partial charge in [0, 0.05) is 37.0 Å². The van der Waals surface area contributed by atoms with E-state index in [1.807, 2.05) is 30.6 Å². The molecule has 5 nitrogen and oxygen atoms in total. The van der Waals surface area contributed by atoms with E-state index in [2.05, 4.69) is 15.4 Å². The normalized spacial score (nSPS) is 24.0. The molecule has 4 rings (SSSR count). The van der Waals surface area contributed by atoms with E-state index < -0.39 is 0 Å². The fourth-order valence-corrected chi connectivity index (χ4v) is 3.59. The number of rotatable bonds is 5. The van der Waals surface area contributed by atoms with E-state index in [1.165, 1.54) is 18.4 Å². The summed E-state index contributed by atoms with van der Waals surface area (Å²) in [6.45, 7) is 0.882. The van der Waals surface area contributed by atoms with E-state index >= 15 is 0 Å². The molecule has 0 amide bonds. The van der Waals surface area contributed by atoms with Crippen LogP contribution in [0.3, 0.4) is 0 Å². The van der Waals surface area contributed by atoms with Gasteiger partial charge in [0.25, 0.3) is 5.56 Å². The Hall–Kier alpha value is -2.01. The second kappa shape index (κ2) is 6.85. The van der Waals surface area contributed by atoms with Gasteiger partial charge in [-0.15, -0.1) is 0 Å². The molecule has 0 saturated heterocycles. The Bertz CT molecular complexity index is 731. The first-order chi connectivity index (χ1) is 11.8. The lowest BCUT2D eigenvalue weighted by atomic mass is 9.91. The van der Waals surface area contributed by atoms with Crippen LogP contribution in [0, 0.1) is 0 Å². The summed E-state index contributed by atoms with van der Waals surface area (Å²) >= 11 is 0. The third kappa shape index (κ3) is 3.56. The minimum Gasteiger partial charge on any atom is -0.310 e. The van der Waals surface area contributed by atoms with Crippen LogP contribution in [0.5, 0.6) is 0 Å². The molecule has 2 aromatic heterocycles. The van der Waals surface area contributed by atoms with Gasteiger partial charge in [-0.05, 0) is 62.3 Å². The van der Waals surface area contributed by atoms with Crippen LogP contribution in [0.1, 0.15) is 61.7 Å². The van der Waals surface area contributed by atoms with Crippen molar-refractivity contribution in [1.29, 1.82) is 0 Å². The summed E-state index contributed by atoms with van der Waals surface area (Å²) < 4.78 is 1.76. The first-order valence-corrected chi connectivity index (χ1v) is 9.01. The summed E-state index contributed by atoms with van der Waals surface area (Å²) in [7, 11) is 0. The molecule has 0 atom stereocenters. The SMILES string of the molecule is O=c1ccc(C2CC2)nn1C1CCC(NCc2ccncc2)CC1. The Morgan fingerprint density at radius 3 is 2.46 bits per heavy atom. The zero-order valence-electron chi connectivity index (χ0n) is 13.9. The average molecular weight is 324 g/mol. The summed E-state index contributed by atoms with van der Waals surface area (Å²) in [4.78, 5) is 16.2. The number of nitrogens with one attached hydrogen (secondary N) is 1. The molecule has 0 unspecified atom stereocenters. The van der Waals surface area contributed by atoms with Crippen molar-refractivity contribution in [2.24, 2.45) is 0 Å². The maximum absolute atomic E-state index is 12.2. The molecule has 0 aromatic carbocycles. The number of nitrogens with zero attached hydrogens (tertiary/aromatic N) is 3. The van der Waals surface area contributed by atoms with Gasteiger partial charge >= 0.3 is 0 Å². The predicted molar refractivity (Wildman–Crippen MR) is 92.8 cm³/mol. The van der Waals surface area contributed by atoms with Gasteiger partial charge < -0.3 is 5.32 Å². The Balaban J connectivity index is 1.34. The standard InChI is InChI=1S/C19H24N4O/c24-19-8-7-18(15-1-2-15)22-23(19)17-5-3-16(4-6-17)21-13-14-9-11-20-12-10-14/h7-12,15-17,21H,1-6,13H2. The Morgan fingerprint density at radius 1 is 1.00 bits per heavy atom. The summed E-state index contributed by atoms with van der Waals surface area (Å²) in [5, 5.41) is 8.28. The Labute approximate surface area is 142 Å². The maximum atomic E-state index is 12.2. The fourth-order valence-electron chi connectivity index (χ4n) is 3.59. The van der Waals surface area contributed by atoms with Crippen molar-refractivity contribution in [2.45, 2.75) is 63.1 Å². The molecular formula is C19H24N4O. The Morgan fingerprint density at radius 2 is 1.75 bits per heavy atom. The molecule has 126 valence electrons. The number of aromatic nitrogens is 3. The van der Waals surface area contributed by atoms with Gasteiger partial charge in [-0.1, -0.05) is 0 Å². The van der Waals surface area contributed by atoms with Gasteiger partial charge in [0.05, 0.1) is 11.7 Å². The second-order valence-electron chi connectivity index (χ2n) is 7.06. The van der Waals surface area contributed by atoms with Crippen LogP contribution < -0.4 is 10.9 Å². The number of hydrogen-bond donors (Lipinski definition) is 1. The molecule has 0 aliphatic heterocycles. The van der Waals surface area contributed by atoms with E-state index in [1.54, 1.807) is 10.7 Å². The van der Waals surface area contributed by atoms with E-state index in [-0.39, 0.29) is 11.6 Å². The highest BCUT2D eigenvalue weighted by atomic mass is 16.1. The first-order valence-electron chi connectivity index (χ1n) is 9.01. The molecule has 2 fully saturated rings. The quantitative estimate of drug-likeness (QED) is 0.919. The van der Waals surface area contributed by atoms with Gasteiger partial charge in [0.2, 0.25) is 0 Å². The zero-order chi connectivity index (χ0) is 16.4. The number of hydrogen-bond acceptors (Lipinski definition) is 4. The van der Waals surface area contributed by atoms with Crippen LogP contribution in [0.15, 0.2) is 41.5 Å². The van der Waals surface area contributed by atoms with Gasteiger partial charge in [-0.25, -0.2) is 4.68 Å². The van der Waals surface area contributed by atoms with Crippen molar-refractivity contribution < 1.29 is 0 Å². The van der Waals surface area contributed by atoms with Crippen molar-refractivity contribution >= 4 is 0 Å². The lowest BCUT2D eigenvalue weighted by Crippen LogP contribution is -2.36. The van der Waals surface area contributed by atoms with E-state index in [0.717, 1.165) is 37.9 Å². The largest absolute Gasteiger partial charge is 0.310 e. The lowest BCUT2D eigenvalue weighted by molar-refractivity contribution is 0.267. The van der Waals surface area contributed by atoms with Crippen molar-refractivity contribution in [3.05, 3.63) is 58.3 Å². The Kier molecular flexibility index (Phi) is 4.43. The first kappa shape index (κ1) is 15.5. The van der Waals surface area contributed by atoms with Crippen LogP contribution in [-0.2, 0) is 6.54 Å². The van der Waals surface area contributed by atoms with Crippen molar-refractivity contribution in [1.82, 2.24) is 20.1 Å². The molecule has 2 heterocycles. The molecular weight excluding hydrogens is 300 g/mol. The molecule has 0 spiro atoms. The number of pyridine rings is 1. The molecule has 2 aliphatic carbocycles. The third-order valence-electron chi connectivity index (χ3n) is 5.23. The van der Waals surface area contributed by atoms with Crippen molar-refractivity contribution in [3.63, 3.8) is 0 Å². The molecule has 2 saturated carbocycles. The zero-order valence-corrected chi connectivity index (χ0v) is 13.9. The minimum atomic E-state index is 0.0487. The average Bonchev–Trinajstić information content (AvgIpc) is 3.47. The van der Waals surface area contributed by atoms with Gasteiger partial charge in [-0.2, -0.15) is 5.10 Å². The van der Waals surface area contributed by atoms with Gasteiger partial charge in [0.1, 0.15) is 0 Å². The molecule has 0 radical (unpaired) electrons. The lowest BCUT2D eigenvalue weighted by Gasteiger charge is -2.29. The second-order valence-corrected chi connectivity index (χ2v) is 7.06. The maximum Gasteiger partial charge on any atom is 0.267 e. The smallest absolute Gasteiger partial charge is 0.267 e. The summed E-state index contributed by atoms with van der Waals surface area (Å²) in [5.74, 6) is 0.593. The van der Waals surface area contributed by atoms with Crippen molar-refractivity contribution in [2.75, 3.05) is 0 Å². The highest BCUT2D eigenvalue weighted by molar-refractivity contribution is 5.13. The minimum absolute atomic E-state index is 0.0487. The van der Waals surface area contributed by atoms with Crippen LogP contribution >= 0.6 is 0 Å². The molecule has 5 heteroatoms. The van der Waals surface area contributed by atoms with Crippen molar-refractivity contribution in [3.8, 4) is 0 Å².